The van der Waals surface area contributed by atoms with Crippen LogP contribution in [-0.4, -0.2) is 32.5 Å². The van der Waals surface area contributed by atoms with Crippen LogP contribution < -0.4 is 5.73 Å². The minimum absolute atomic E-state index is 0.357. The first kappa shape index (κ1) is 9.44. The fourth-order valence-corrected chi connectivity index (χ4v) is 1.89. The molecule has 0 amide bonds. The van der Waals surface area contributed by atoms with Crippen LogP contribution in [0.25, 0.3) is 0 Å². The maximum atomic E-state index is 5.80. The largest absolute Gasteiger partial charge is 0.379 e. The molecule has 0 spiro atoms. The van der Waals surface area contributed by atoms with Gasteiger partial charge in [-0.3, -0.25) is 0 Å². The van der Waals surface area contributed by atoms with Gasteiger partial charge in [0.15, 0.2) is 0 Å². The van der Waals surface area contributed by atoms with Crippen molar-refractivity contribution in [3.05, 3.63) is 0 Å². The van der Waals surface area contributed by atoms with E-state index in [0.717, 1.165) is 39.2 Å². The van der Waals surface area contributed by atoms with Crippen molar-refractivity contribution in [2.24, 2.45) is 11.1 Å². The van der Waals surface area contributed by atoms with Gasteiger partial charge in [-0.05, 0) is 37.6 Å². The lowest BCUT2D eigenvalue weighted by molar-refractivity contribution is 0.0145. The van der Waals surface area contributed by atoms with E-state index in [9.17, 15) is 0 Å². The third-order valence-electron chi connectivity index (χ3n) is 3.14. The predicted octanol–water partition coefficient (Wildman–Crippen LogP) is 0.921. The summed E-state index contributed by atoms with van der Waals surface area (Å²) in [5, 5.41) is 0. The molecule has 0 bridgehead atoms. The summed E-state index contributed by atoms with van der Waals surface area (Å²) in [5.74, 6) is 0. The summed E-state index contributed by atoms with van der Waals surface area (Å²) in [6.45, 7) is 3.36. The molecule has 1 saturated heterocycles. The molecular formula is C10H19NO2. The summed E-state index contributed by atoms with van der Waals surface area (Å²) in [6, 6.07) is 0. The van der Waals surface area contributed by atoms with E-state index in [2.05, 4.69) is 0 Å². The fraction of sp³-hybridized carbons (Fsp3) is 1.00. The van der Waals surface area contributed by atoms with Crippen molar-refractivity contribution in [2.45, 2.75) is 31.8 Å². The molecule has 1 saturated carbocycles. The highest BCUT2D eigenvalue weighted by atomic mass is 16.5. The van der Waals surface area contributed by atoms with E-state index in [-0.39, 0.29) is 0 Å². The van der Waals surface area contributed by atoms with Gasteiger partial charge in [-0.15, -0.1) is 0 Å². The highest BCUT2D eigenvalue weighted by Crippen LogP contribution is 2.48. The summed E-state index contributed by atoms with van der Waals surface area (Å²) in [4.78, 5) is 0. The molecule has 2 N–H and O–H groups in total. The van der Waals surface area contributed by atoms with Crippen LogP contribution in [0.4, 0.5) is 0 Å². The van der Waals surface area contributed by atoms with Crippen molar-refractivity contribution >= 4 is 0 Å². The Kier molecular flexibility index (Phi) is 2.86. The topological polar surface area (TPSA) is 44.5 Å². The molecule has 0 aromatic rings. The van der Waals surface area contributed by atoms with E-state index in [0.29, 0.717) is 11.5 Å². The fourth-order valence-electron chi connectivity index (χ4n) is 1.89. The smallest absolute Gasteiger partial charge is 0.0830 e. The first-order valence-electron chi connectivity index (χ1n) is 5.24. The Morgan fingerprint density at radius 3 is 2.85 bits per heavy atom. The number of rotatable bonds is 5. The van der Waals surface area contributed by atoms with Gasteiger partial charge in [-0.2, -0.15) is 0 Å². The minimum atomic E-state index is 0.357. The van der Waals surface area contributed by atoms with Gasteiger partial charge in [-0.25, -0.2) is 0 Å². The lowest BCUT2D eigenvalue weighted by Gasteiger charge is -2.17. The van der Waals surface area contributed by atoms with Gasteiger partial charge in [0, 0.05) is 6.61 Å². The zero-order valence-corrected chi connectivity index (χ0v) is 8.13. The van der Waals surface area contributed by atoms with E-state index in [1.165, 1.54) is 12.8 Å². The van der Waals surface area contributed by atoms with Gasteiger partial charge in [0.1, 0.15) is 0 Å². The van der Waals surface area contributed by atoms with E-state index in [1.54, 1.807) is 0 Å². The molecule has 3 nitrogen and oxygen atoms in total. The Labute approximate surface area is 79.6 Å². The first-order valence-corrected chi connectivity index (χ1v) is 5.24. The number of ether oxygens (including phenoxy) is 2. The second kappa shape index (κ2) is 3.95. The molecule has 0 aromatic carbocycles. The predicted molar refractivity (Wildman–Crippen MR) is 50.5 cm³/mol. The van der Waals surface area contributed by atoms with Crippen molar-refractivity contribution in [1.82, 2.24) is 0 Å². The third kappa shape index (κ3) is 2.42. The molecule has 1 aliphatic heterocycles. The zero-order valence-electron chi connectivity index (χ0n) is 8.13. The molecule has 2 rings (SSSR count). The van der Waals surface area contributed by atoms with E-state index < -0.39 is 0 Å². The van der Waals surface area contributed by atoms with Crippen molar-refractivity contribution in [3.63, 3.8) is 0 Å². The van der Waals surface area contributed by atoms with E-state index in [4.69, 9.17) is 15.2 Å². The van der Waals surface area contributed by atoms with Crippen LogP contribution in [0, 0.1) is 5.41 Å². The molecule has 3 heteroatoms. The second-order valence-corrected chi connectivity index (χ2v) is 4.34. The molecule has 2 fully saturated rings. The Balaban J connectivity index is 1.66. The van der Waals surface area contributed by atoms with E-state index in [1.807, 2.05) is 0 Å². The van der Waals surface area contributed by atoms with Gasteiger partial charge >= 0.3 is 0 Å². The number of hydrogen-bond acceptors (Lipinski definition) is 3. The summed E-state index contributed by atoms with van der Waals surface area (Å²) in [5.41, 5.74) is 6.01. The van der Waals surface area contributed by atoms with Crippen LogP contribution in [-0.2, 0) is 9.47 Å². The quantitative estimate of drug-likeness (QED) is 0.692. The van der Waals surface area contributed by atoms with Gasteiger partial charge in [0.25, 0.3) is 0 Å². The molecule has 13 heavy (non-hydrogen) atoms. The molecule has 76 valence electrons. The summed E-state index contributed by atoms with van der Waals surface area (Å²) >= 11 is 0. The SMILES string of the molecule is NCCC1(COC2CCOC2)CC1. The monoisotopic (exact) mass is 185 g/mol. The Hall–Kier alpha value is -0.120. The molecular weight excluding hydrogens is 166 g/mol. The van der Waals surface area contributed by atoms with Crippen LogP contribution in [0.2, 0.25) is 0 Å². The Bertz CT molecular complexity index is 162. The van der Waals surface area contributed by atoms with Crippen LogP contribution in [0.15, 0.2) is 0 Å². The Morgan fingerprint density at radius 1 is 1.46 bits per heavy atom. The summed E-state index contributed by atoms with van der Waals surface area (Å²) in [6.07, 6.45) is 5.16. The molecule has 1 unspecified atom stereocenters. The molecule has 1 heterocycles. The van der Waals surface area contributed by atoms with Gasteiger partial charge in [-0.1, -0.05) is 0 Å². The summed E-state index contributed by atoms with van der Waals surface area (Å²) in [7, 11) is 0. The van der Waals surface area contributed by atoms with E-state index >= 15 is 0 Å². The van der Waals surface area contributed by atoms with Crippen molar-refractivity contribution in [1.29, 1.82) is 0 Å². The van der Waals surface area contributed by atoms with Crippen molar-refractivity contribution in [2.75, 3.05) is 26.4 Å². The molecule has 0 radical (unpaired) electrons. The lowest BCUT2D eigenvalue weighted by Crippen LogP contribution is -2.21. The molecule has 0 aromatic heterocycles. The molecule has 2 aliphatic rings. The third-order valence-corrected chi connectivity index (χ3v) is 3.14. The molecule has 1 aliphatic carbocycles. The molecule has 1 atom stereocenters. The van der Waals surface area contributed by atoms with Crippen LogP contribution >= 0.6 is 0 Å². The maximum Gasteiger partial charge on any atom is 0.0830 e. The van der Waals surface area contributed by atoms with Gasteiger partial charge in [0.05, 0.1) is 19.3 Å². The van der Waals surface area contributed by atoms with Crippen LogP contribution in [0.5, 0.6) is 0 Å². The highest BCUT2D eigenvalue weighted by Gasteiger charge is 2.42. The maximum absolute atomic E-state index is 5.80. The average molecular weight is 185 g/mol. The minimum Gasteiger partial charge on any atom is -0.379 e. The van der Waals surface area contributed by atoms with Crippen LogP contribution in [0.3, 0.4) is 0 Å². The normalized spacial score (nSPS) is 30.7. The Morgan fingerprint density at radius 2 is 2.31 bits per heavy atom. The standard InChI is InChI=1S/C10H19NO2/c11-5-4-10(2-3-10)8-13-9-1-6-12-7-9/h9H,1-8,11H2. The highest BCUT2D eigenvalue weighted by molar-refractivity contribution is 4.93. The zero-order chi connectivity index (χ0) is 9.15. The van der Waals surface area contributed by atoms with Crippen LogP contribution in [0.1, 0.15) is 25.7 Å². The van der Waals surface area contributed by atoms with Crippen molar-refractivity contribution < 1.29 is 9.47 Å². The van der Waals surface area contributed by atoms with Gasteiger partial charge in [0.2, 0.25) is 0 Å². The second-order valence-electron chi connectivity index (χ2n) is 4.34. The number of hydrogen-bond donors (Lipinski definition) is 1. The average Bonchev–Trinajstić information content (AvgIpc) is 2.71. The number of nitrogens with two attached hydrogens (primary N) is 1. The lowest BCUT2D eigenvalue weighted by atomic mass is 10.0. The summed E-state index contributed by atoms with van der Waals surface area (Å²) < 4.78 is 11.1. The van der Waals surface area contributed by atoms with Gasteiger partial charge < -0.3 is 15.2 Å². The first-order chi connectivity index (χ1) is 6.35. The van der Waals surface area contributed by atoms with Crippen molar-refractivity contribution in [3.8, 4) is 0 Å².